The lowest BCUT2D eigenvalue weighted by molar-refractivity contribution is -0.133. The molecule has 0 aromatic heterocycles. The van der Waals surface area contributed by atoms with Crippen LogP contribution in [0.4, 0.5) is 0 Å². The van der Waals surface area contributed by atoms with Crippen LogP contribution in [0.3, 0.4) is 0 Å². The van der Waals surface area contributed by atoms with E-state index in [4.69, 9.17) is 4.74 Å². The van der Waals surface area contributed by atoms with Gasteiger partial charge in [-0.3, -0.25) is 9.59 Å². The van der Waals surface area contributed by atoms with Gasteiger partial charge in [-0.25, -0.2) is 0 Å². The standard InChI is InChI=1S/C18H24N2O3/c21-17-9-8-16(19-17)18(22)20-11-10-15(13-20)23-12-4-7-14-5-2-1-3-6-14/h1-3,5-6,15-16H,4,7-13H2,(H,19,21)/t15-,16-/m1/s1. The molecule has 0 bridgehead atoms. The molecular formula is C18H24N2O3. The third-order valence-corrected chi connectivity index (χ3v) is 4.56. The van der Waals surface area contributed by atoms with Gasteiger partial charge in [0.1, 0.15) is 6.04 Å². The highest BCUT2D eigenvalue weighted by molar-refractivity contribution is 5.90. The van der Waals surface area contributed by atoms with E-state index in [9.17, 15) is 9.59 Å². The first-order valence-corrected chi connectivity index (χ1v) is 8.46. The van der Waals surface area contributed by atoms with Gasteiger partial charge in [-0.2, -0.15) is 0 Å². The zero-order valence-electron chi connectivity index (χ0n) is 13.4. The van der Waals surface area contributed by atoms with Gasteiger partial charge >= 0.3 is 0 Å². The van der Waals surface area contributed by atoms with E-state index in [-0.39, 0.29) is 24.0 Å². The van der Waals surface area contributed by atoms with E-state index < -0.39 is 0 Å². The molecule has 1 aromatic rings. The van der Waals surface area contributed by atoms with Crippen molar-refractivity contribution in [1.29, 1.82) is 0 Å². The number of benzene rings is 1. The molecule has 0 spiro atoms. The number of likely N-dealkylation sites (tertiary alicyclic amines) is 1. The maximum atomic E-state index is 12.3. The molecule has 2 amide bonds. The predicted octanol–water partition coefficient (Wildman–Crippen LogP) is 1.52. The van der Waals surface area contributed by atoms with Crippen LogP contribution in [0.1, 0.15) is 31.2 Å². The summed E-state index contributed by atoms with van der Waals surface area (Å²) in [5.41, 5.74) is 1.33. The fourth-order valence-corrected chi connectivity index (χ4v) is 3.26. The van der Waals surface area contributed by atoms with Crippen LogP contribution in [0.25, 0.3) is 0 Å². The van der Waals surface area contributed by atoms with Crippen LogP contribution >= 0.6 is 0 Å². The van der Waals surface area contributed by atoms with Crippen LogP contribution in [0, 0.1) is 0 Å². The Bertz CT molecular complexity index is 546. The van der Waals surface area contributed by atoms with E-state index in [0.717, 1.165) is 32.4 Å². The van der Waals surface area contributed by atoms with Crippen LogP contribution < -0.4 is 5.32 Å². The van der Waals surface area contributed by atoms with Gasteiger partial charge in [0.15, 0.2) is 0 Å². The Hall–Kier alpha value is -1.88. The molecule has 1 aromatic carbocycles. The van der Waals surface area contributed by atoms with E-state index in [1.165, 1.54) is 5.56 Å². The number of nitrogens with one attached hydrogen (secondary N) is 1. The lowest BCUT2D eigenvalue weighted by Crippen LogP contribution is -2.43. The van der Waals surface area contributed by atoms with Gasteiger partial charge in [0.2, 0.25) is 11.8 Å². The summed E-state index contributed by atoms with van der Waals surface area (Å²) in [6.07, 6.45) is 4.11. The summed E-state index contributed by atoms with van der Waals surface area (Å²) in [5.74, 6) is 0.0301. The highest BCUT2D eigenvalue weighted by Crippen LogP contribution is 2.17. The molecule has 2 aliphatic rings. The number of hydrogen-bond acceptors (Lipinski definition) is 3. The van der Waals surface area contributed by atoms with Crippen molar-refractivity contribution in [3.8, 4) is 0 Å². The van der Waals surface area contributed by atoms with Crippen molar-refractivity contribution in [2.45, 2.75) is 44.2 Å². The summed E-state index contributed by atoms with van der Waals surface area (Å²) in [6.45, 7) is 2.10. The Morgan fingerprint density at radius 2 is 2.09 bits per heavy atom. The SMILES string of the molecule is O=C1CC[C@H](C(=O)N2CC[C@@H](OCCCc3ccccc3)C2)N1. The second-order valence-electron chi connectivity index (χ2n) is 6.31. The monoisotopic (exact) mass is 316 g/mol. The average Bonchev–Trinajstić information content (AvgIpc) is 3.21. The van der Waals surface area contributed by atoms with Crippen molar-refractivity contribution in [3.63, 3.8) is 0 Å². The Labute approximate surface area is 137 Å². The summed E-state index contributed by atoms with van der Waals surface area (Å²) in [4.78, 5) is 25.4. The molecule has 2 aliphatic heterocycles. The minimum absolute atomic E-state index is 0.0174. The molecule has 2 atom stereocenters. The Kier molecular flexibility index (Phi) is 5.28. The molecule has 0 unspecified atom stereocenters. The minimum atomic E-state index is -0.320. The summed E-state index contributed by atoms with van der Waals surface area (Å²) < 4.78 is 5.91. The molecule has 124 valence electrons. The van der Waals surface area contributed by atoms with Crippen molar-refractivity contribution in [2.24, 2.45) is 0 Å². The highest BCUT2D eigenvalue weighted by Gasteiger charge is 2.34. The summed E-state index contributed by atoms with van der Waals surface area (Å²) in [7, 11) is 0. The molecule has 2 fully saturated rings. The predicted molar refractivity (Wildman–Crippen MR) is 86.9 cm³/mol. The third-order valence-electron chi connectivity index (χ3n) is 4.56. The van der Waals surface area contributed by atoms with E-state index >= 15 is 0 Å². The number of aryl methyl sites for hydroxylation is 1. The number of amides is 2. The number of carbonyl (C=O) groups is 2. The molecule has 5 nitrogen and oxygen atoms in total. The first-order chi connectivity index (χ1) is 11.2. The highest BCUT2D eigenvalue weighted by atomic mass is 16.5. The lowest BCUT2D eigenvalue weighted by atomic mass is 10.1. The van der Waals surface area contributed by atoms with Crippen molar-refractivity contribution >= 4 is 11.8 Å². The normalized spacial score (nSPS) is 24.0. The van der Waals surface area contributed by atoms with E-state index in [1.54, 1.807) is 0 Å². The number of ether oxygens (including phenoxy) is 1. The van der Waals surface area contributed by atoms with Gasteiger partial charge in [0, 0.05) is 26.1 Å². The van der Waals surface area contributed by atoms with E-state index in [1.807, 2.05) is 11.0 Å². The molecule has 1 N–H and O–H groups in total. The topological polar surface area (TPSA) is 58.6 Å². The first-order valence-electron chi connectivity index (χ1n) is 8.46. The Morgan fingerprint density at radius 1 is 1.26 bits per heavy atom. The van der Waals surface area contributed by atoms with Crippen LogP contribution in [-0.2, 0) is 20.7 Å². The summed E-state index contributed by atoms with van der Waals surface area (Å²) in [6, 6.07) is 10.1. The van der Waals surface area contributed by atoms with Gasteiger partial charge in [-0.1, -0.05) is 30.3 Å². The maximum absolute atomic E-state index is 12.3. The van der Waals surface area contributed by atoms with Crippen molar-refractivity contribution in [3.05, 3.63) is 35.9 Å². The maximum Gasteiger partial charge on any atom is 0.245 e. The zero-order valence-corrected chi connectivity index (χ0v) is 13.4. The Morgan fingerprint density at radius 3 is 2.83 bits per heavy atom. The van der Waals surface area contributed by atoms with Gasteiger partial charge in [0.25, 0.3) is 0 Å². The van der Waals surface area contributed by atoms with Crippen LogP contribution in [0.2, 0.25) is 0 Å². The van der Waals surface area contributed by atoms with Crippen LogP contribution in [-0.4, -0.2) is 48.6 Å². The smallest absolute Gasteiger partial charge is 0.245 e. The third kappa shape index (κ3) is 4.32. The fourth-order valence-electron chi connectivity index (χ4n) is 3.26. The zero-order chi connectivity index (χ0) is 16.1. The quantitative estimate of drug-likeness (QED) is 0.810. The fraction of sp³-hybridized carbons (Fsp3) is 0.556. The lowest BCUT2D eigenvalue weighted by Gasteiger charge is -2.20. The molecule has 2 saturated heterocycles. The average molecular weight is 316 g/mol. The van der Waals surface area contributed by atoms with Crippen LogP contribution in [0.15, 0.2) is 30.3 Å². The van der Waals surface area contributed by atoms with E-state index in [0.29, 0.717) is 19.4 Å². The molecule has 5 heteroatoms. The van der Waals surface area contributed by atoms with Gasteiger partial charge in [-0.15, -0.1) is 0 Å². The van der Waals surface area contributed by atoms with Gasteiger partial charge in [-0.05, 0) is 31.2 Å². The first kappa shape index (κ1) is 16.0. The van der Waals surface area contributed by atoms with Crippen LogP contribution in [0.5, 0.6) is 0 Å². The van der Waals surface area contributed by atoms with Crippen molar-refractivity contribution in [1.82, 2.24) is 10.2 Å². The molecule has 0 aliphatic carbocycles. The number of rotatable bonds is 6. The van der Waals surface area contributed by atoms with Crippen molar-refractivity contribution in [2.75, 3.05) is 19.7 Å². The molecule has 0 radical (unpaired) electrons. The molecule has 23 heavy (non-hydrogen) atoms. The molecule has 3 rings (SSSR count). The van der Waals surface area contributed by atoms with Gasteiger partial charge < -0.3 is 15.0 Å². The molecule has 2 heterocycles. The van der Waals surface area contributed by atoms with Crippen molar-refractivity contribution < 1.29 is 14.3 Å². The molecular weight excluding hydrogens is 292 g/mol. The largest absolute Gasteiger partial charge is 0.376 e. The minimum Gasteiger partial charge on any atom is -0.376 e. The second-order valence-corrected chi connectivity index (χ2v) is 6.31. The summed E-state index contributed by atoms with van der Waals surface area (Å²) >= 11 is 0. The number of carbonyl (C=O) groups excluding carboxylic acids is 2. The number of nitrogens with zero attached hydrogens (tertiary/aromatic N) is 1. The summed E-state index contributed by atoms with van der Waals surface area (Å²) in [5, 5.41) is 2.74. The number of hydrogen-bond donors (Lipinski definition) is 1. The Balaban J connectivity index is 1.35. The van der Waals surface area contributed by atoms with E-state index in [2.05, 4.69) is 29.6 Å². The second kappa shape index (κ2) is 7.59. The van der Waals surface area contributed by atoms with Gasteiger partial charge in [0.05, 0.1) is 6.10 Å². The molecule has 0 saturated carbocycles.